The predicted octanol–water partition coefficient (Wildman–Crippen LogP) is 2.62. The lowest BCUT2D eigenvalue weighted by atomic mass is 10.1. The number of amides is 2. The number of rotatable bonds is 8. The molecule has 0 unspecified atom stereocenters. The Morgan fingerprint density at radius 3 is 2.54 bits per heavy atom. The molecule has 0 atom stereocenters. The van der Waals surface area contributed by atoms with E-state index >= 15 is 0 Å². The van der Waals surface area contributed by atoms with E-state index in [-0.39, 0.29) is 18.4 Å². The van der Waals surface area contributed by atoms with Crippen LogP contribution in [-0.4, -0.2) is 50.2 Å². The molecular formula is C21H25N3O4. The minimum absolute atomic E-state index is 0.0764. The van der Waals surface area contributed by atoms with Crippen LogP contribution in [0.1, 0.15) is 28.4 Å². The molecule has 7 nitrogen and oxygen atoms in total. The number of ether oxygens (including phenoxy) is 2. The summed E-state index contributed by atoms with van der Waals surface area (Å²) in [5.41, 5.74) is 4.69. The third kappa shape index (κ3) is 5.84. The van der Waals surface area contributed by atoms with Gasteiger partial charge in [0.25, 0.3) is 11.8 Å². The Hall–Kier alpha value is -3.35. The first-order chi connectivity index (χ1) is 13.4. The highest BCUT2D eigenvalue weighted by molar-refractivity contribution is 5.96. The zero-order chi connectivity index (χ0) is 20.5. The second-order valence-electron chi connectivity index (χ2n) is 6.23. The van der Waals surface area contributed by atoms with Crippen molar-refractivity contribution in [3.05, 3.63) is 59.2 Å². The summed E-state index contributed by atoms with van der Waals surface area (Å²) in [7, 11) is 3.33. The standard InChI is InChI=1S/C21H25N3O4/c1-5-27-19-12-16(10-11-18(19)28-14-20(25)24(3)4)13-22-23-21(26)17-9-7-6-8-15(17)2/h6-13H,5,14H2,1-4H3,(H,23,26)/b22-13-. The molecule has 2 aromatic rings. The predicted molar refractivity (Wildman–Crippen MR) is 108 cm³/mol. The molecule has 0 spiro atoms. The maximum Gasteiger partial charge on any atom is 0.271 e. The molecule has 0 saturated carbocycles. The van der Waals surface area contributed by atoms with Gasteiger partial charge in [0.05, 0.1) is 12.8 Å². The Morgan fingerprint density at radius 1 is 1.11 bits per heavy atom. The van der Waals surface area contributed by atoms with Gasteiger partial charge in [-0.1, -0.05) is 18.2 Å². The van der Waals surface area contributed by atoms with Gasteiger partial charge in [-0.15, -0.1) is 0 Å². The van der Waals surface area contributed by atoms with Crippen molar-refractivity contribution in [2.24, 2.45) is 5.10 Å². The molecule has 0 aliphatic carbocycles. The summed E-state index contributed by atoms with van der Waals surface area (Å²) in [5.74, 6) is 0.551. The monoisotopic (exact) mass is 383 g/mol. The molecule has 1 N–H and O–H groups in total. The summed E-state index contributed by atoms with van der Waals surface area (Å²) in [6.07, 6.45) is 1.52. The third-order valence-corrected chi connectivity index (χ3v) is 3.89. The Balaban J connectivity index is 2.06. The number of hydrazone groups is 1. The fraction of sp³-hybridized carbons (Fsp3) is 0.286. The summed E-state index contributed by atoms with van der Waals surface area (Å²) < 4.78 is 11.1. The van der Waals surface area contributed by atoms with Crippen LogP contribution in [-0.2, 0) is 4.79 Å². The summed E-state index contributed by atoms with van der Waals surface area (Å²) in [6.45, 7) is 4.10. The number of nitrogens with one attached hydrogen (secondary N) is 1. The summed E-state index contributed by atoms with van der Waals surface area (Å²) in [4.78, 5) is 25.3. The molecule has 0 radical (unpaired) electrons. The molecule has 2 rings (SSSR count). The lowest BCUT2D eigenvalue weighted by Gasteiger charge is -2.14. The number of nitrogens with zero attached hydrogens (tertiary/aromatic N) is 2. The van der Waals surface area contributed by atoms with Crippen LogP contribution >= 0.6 is 0 Å². The van der Waals surface area contributed by atoms with Gasteiger partial charge >= 0.3 is 0 Å². The van der Waals surface area contributed by atoms with Crippen LogP contribution < -0.4 is 14.9 Å². The van der Waals surface area contributed by atoms with Crippen molar-refractivity contribution < 1.29 is 19.1 Å². The smallest absolute Gasteiger partial charge is 0.271 e. The maximum absolute atomic E-state index is 12.2. The third-order valence-electron chi connectivity index (χ3n) is 3.89. The SMILES string of the molecule is CCOc1cc(/C=N\NC(=O)c2ccccc2C)ccc1OCC(=O)N(C)C. The Morgan fingerprint density at radius 2 is 1.86 bits per heavy atom. The number of likely N-dealkylation sites (N-methyl/N-ethyl adjacent to an activating group) is 1. The van der Waals surface area contributed by atoms with E-state index in [0.717, 1.165) is 11.1 Å². The topological polar surface area (TPSA) is 80.2 Å². The molecule has 0 saturated heterocycles. The van der Waals surface area contributed by atoms with Crippen molar-refractivity contribution in [1.29, 1.82) is 0 Å². The van der Waals surface area contributed by atoms with E-state index in [2.05, 4.69) is 10.5 Å². The van der Waals surface area contributed by atoms with E-state index in [1.54, 1.807) is 44.4 Å². The quantitative estimate of drug-likeness (QED) is 0.561. The average Bonchev–Trinajstić information content (AvgIpc) is 2.67. The average molecular weight is 383 g/mol. The molecule has 0 aliphatic rings. The van der Waals surface area contributed by atoms with Gasteiger partial charge in [0, 0.05) is 19.7 Å². The molecule has 7 heteroatoms. The number of aryl methyl sites for hydroxylation is 1. The van der Waals surface area contributed by atoms with E-state index in [0.29, 0.717) is 23.7 Å². The van der Waals surface area contributed by atoms with Gasteiger partial charge in [-0.05, 0) is 49.2 Å². The lowest BCUT2D eigenvalue weighted by Crippen LogP contribution is -2.27. The van der Waals surface area contributed by atoms with Crippen LogP contribution in [0, 0.1) is 6.92 Å². The van der Waals surface area contributed by atoms with E-state index in [1.165, 1.54) is 11.1 Å². The van der Waals surface area contributed by atoms with Crippen LogP contribution in [0.5, 0.6) is 11.5 Å². The van der Waals surface area contributed by atoms with Crippen molar-refractivity contribution in [2.45, 2.75) is 13.8 Å². The van der Waals surface area contributed by atoms with Gasteiger partial charge in [-0.3, -0.25) is 9.59 Å². The molecule has 2 aromatic carbocycles. The Bertz CT molecular complexity index is 862. The van der Waals surface area contributed by atoms with Gasteiger partial charge < -0.3 is 14.4 Å². The first kappa shape index (κ1) is 21.0. The lowest BCUT2D eigenvalue weighted by molar-refractivity contribution is -0.130. The molecule has 0 fully saturated rings. The summed E-state index contributed by atoms with van der Waals surface area (Å²) in [5, 5.41) is 4.01. The van der Waals surface area contributed by atoms with Crippen molar-refractivity contribution in [1.82, 2.24) is 10.3 Å². The number of benzene rings is 2. The minimum atomic E-state index is -0.276. The normalized spacial score (nSPS) is 10.6. The van der Waals surface area contributed by atoms with E-state index in [1.807, 2.05) is 26.0 Å². The largest absolute Gasteiger partial charge is 0.490 e. The second kappa shape index (κ2) is 10.1. The highest BCUT2D eigenvalue weighted by Gasteiger charge is 2.10. The molecule has 0 aliphatic heterocycles. The first-order valence-corrected chi connectivity index (χ1v) is 8.91. The zero-order valence-corrected chi connectivity index (χ0v) is 16.6. The second-order valence-corrected chi connectivity index (χ2v) is 6.23. The maximum atomic E-state index is 12.2. The first-order valence-electron chi connectivity index (χ1n) is 8.91. The van der Waals surface area contributed by atoms with E-state index < -0.39 is 0 Å². The van der Waals surface area contributed by atoms with E-state index in [4.69, 9.17) is 9.47 Å². The molecule has 2 amide bonds. The number of hydrogen-bond acceptors (Lipinski definition) is 5. The van der Waals surface area contributed by atoms with Gasteiger partial charge in [0.1, 0.15) is 0 Å². The molecule has 28 heavy (non-hydrogen) atoms. The highest BCUT2D eigenvalue weighted by Crippen LogP contribution is 2.28. The summed E-state index contributed by atoms with van der Waals surface area (Å²) in [6, 6.07) is 12.5. The molecule has 0 heterocycles. The van der Waals surface area contributed by atoms with Crippen molar-refractivity contribution in [3.63, 3.8) is 0 Å². The van der Waals surface area contributed by atoms with Crippen molar-refractivity contribution in [2.75, 3.05) is 27.3 Å². The van der Waals surface area contributed by atoms with Crippen LogP contribution in [0.2, 0.25) is 0 Å². The molecular weight excluding hydrogens is 358 g/mol. The van der Waals surface area contributed by atoms with Crippen LogP contribution in [0.15, 0.2) is 47.6 Å². The Kier molecular flexibility index (Phi) is 7.56. The van der Waals surface area contributed by atoms with Crippen LogP contribution in [0.3, 0.4) is 0 Å². The fourth-order valence-electron chi connectivity index (χ4n) is 2.31. The molecule has 0 aromatic heterocycles. The Labute approximate surface area is 164 Å². The van der Waals surface area contributed by atoms with Crippen LogP contribution in [0.4, 0.5) is 0 Å². The van der Waals surface area contributed by atoms with Gasteiger partial charge in [0.15, 0.2) is 18.1 Å². The van der Waals surface area contributed by atoms with Crippen molar-refractivity contribution >= 4 is 18.0 Å². The van der Waals surface area contributed by atoms with Gasteiger partial charge in [0.2, 0.25) is 0 Å². The zero-order valence-electron chi connectivity index (χ0n) is 16.6. The molecule has 0 bridgehead atoms. The number of carbonyl (C=O) groups is 2. The van der Waals surface area contributed by atoms with Gasteiger partial charge in [-0.25, -0.2) is 5.43 Å². The molecule has 148 valence electrons. The number of carbonyl (C=O) groups excluding carboxylic acids is 2. The minimum Gasteiger partial charge on any atom is -0.490 e. The van der Waals surface area contributed by atoms with Crippen LogP contribution in [0.25, 0.3) is 0 Å². The summed E-state index contributed by atoms with van der Waals surface area (Å²) >= 11 is 0. The number of hydrogen-bond donors (Lipinski definition) is 1. The van der Waals surface area contributed by atoms with Crippen molar-refractivity contribution in [3.8, 4) is 11.5 Å². The van der Waals surface area contributed by atoms with Gasteiger partial charge in [-0.2, -0.15) is 5.10 Å². The highest BCUT2D eigenvalue weighted by atomic mass is 16.5. The van der Waals surface area contributed by atoms with E-state index in [9.17, 15) is 9.59 Å². The fourth-order valence-corrected chi connectivity index (χ4v) is 2.31.